The van der Waals surface area contributed by atoms with E-state index in [2.05, 4.69) is 19.2 Å². The van der Waals surface area contributed by atoms with Crippen molar-refractivity contribution in [3.63, 3.8) is 0 Å². The predicted molar refractivity (Wildman–Crippen MR) is 111 cm³/mol. The number of thiophene rings is 1. The van der Waals surface area contributed by atoms with Gasteiger partial charge >= 0.3 is 5.97 Å². The van der Waals surface area contributed by atoms with Gasteiger partial charge in [-0.1, -0.05) is 13.8 Å². The second kappa shape index (κ2) is 9.62. The number of esters is 1. The number of morpholine rings is 1. The number of anilines is 1. The van der Waals surface area contributed by atoms with Crippen LogP contribution in [-0.4, -0.2) is 54.9 Å². The second-order valence-corrected chi connectivity index (χ2v) is 8.14. The minimum Gasteiger partial charge on any atom is -0.462 e. The highest BCUT2D eigenvalue weighted by molar-refractivity contribution is 7.20. The number of carbonyl (C=O) groups is 1. The molecule has 0 saturated carbocycles. The maximum absolute atomic E-state index is 12.4. The number of nitrogens with zero attached hydrogens (tertiary/aromatic N) is 2. The molecule has 2 aromatic heterocycles. The standard InChI is InChI=1S/C20H30N4O3S/c1-5-14(6-2)21-18-16-13(4)17(20(25)27-7-3)28-19(16)23-15(22-18)12-24-8-10-26-11-9-24/h14H,5-12H2,1-4H3,(H,21,22,23)/p+1. The lowest BCUT2D eigenvalue weighted by atomic mass is 10.1. The minimum atomic E-state index is -0.281. The zero-order chi connectivity index (χ0) is 20.1. The number of carbonyl (C=O) groups excluding carboxylic acids is 1. The lowest BCUT2D eigenvalue weighted by Gasteiger charge is -2.23. The van der Waals surface area contributed by atoms with Gasteiger partial charge in [-0.3, -0.25) is 0 Å². The molecule has 8 heteroatoms. The number of ether oxygens (including phenoxy) is 2. The number of nitrogens with one attached hydrogen (secondary N) is 2. The number of aromatic nitrogens is 2. The van der Waals surface area contributed by atoms with Crippen molar-refractivity contribution in [1.82, 2.24) is 9.97 Å². The predicted octanol–water partition coefficient (Wildman–Crippen LogP) is 2.19. The summed E-state index contributed by atoms with van der Waals surface area (Å²) in [6, 6.07) is 0.340. The maximum atomic E-state index is 12.4. The third-order valence-corrected chi connectivity index (χ3v) is 6.40. The fourth-order valence-electron chi connectivity index (χ4n) is 3.50. The summed E-state index contributed by atoms with van der Waals surface area (Å²) in [4.78, 5) is 25.0. The molecule has 3 rings (SSSR count). The largest absolute Gasteiger partial charge is 0.462 e. The summed E-state index contributed by atoms with van der Waals surface area (Å²) in [6.07, 6.45) is 2.03. The lowest BCUT2D eigenvalue weighted by molar-refractivity contribution is -0.922. The summed E-state index contributed by atoms with van der Waals surface area (Å²) in [6.45, 7) is 12.7. The van der Waals surface area contributed by atoms with Gasteiger partial charge in [-0.15, -0.1) is 11.3 Å². The maximum Gasteiger partial charge on any atom is 0.348 e. The first-order valence-electron chi connectivity index (χ1n) is 10.2. The molecule has 154 valence electrons. The molecule has 0 bridgehead atoms. The van der Waals surface area contributed by atoms with Crippen molar-refractivity contribution >= 4 is 33.3 Å². The van der Waals surface area contributed by atoms with Gasteiger partial charge in [0, 0.05) is 6.04 Å². The van der Waals surface area contributed by atoms with E-state index in [9.17, 15) is 4.79 Å². The molecular weight excluding hydrogens is 376 g/mol. The average molecular weight is 408 g/mol. The Bertz CT molecular complexity index is 813. The Morgan fingerprint density at radius 1 is 1.25 bits per heavy atom. The molecular formula is C20H31N4O3S+. The summed E-state index contributed by atoms with van der Waals surface area (Å²) < 4.78 is 10.7. The van der Waals surface area contributed by atoms with E-state index >= 15 is 0 Å². The normalized spacial score (nSPS) is 15.3. The van der Waals surface area contributed by atoms with Crippen LogP contribution in [0.3, 0.4) is 0 Å². The Balaban J connectivity index is 2.01. The van der Waals surface area contributed by atoms with Crippen molar-refractivity contribution < 1.29 is 19.2 Å². The fraction of sp³-hybridized carbons (Fsp3) is 0.650. The monoisotopic (exact) mass is 407 g/mol. The van der Waals surface area contributed by atoms with Gasteiger partial charge in [0.05, 0.1) is 25.2 Å². The highest BCUT2D eigenvalue weighted by Crippen LogP contribution is 2.34. The zero-order valence-corrected chi connectivity index (χ0v) is 18.1. The summed E-state index contributed by atoms with van der Waals surface area (Å²) in [5, 5.41) is 4.54. The number of quaternary nitrogens is 1. The van der Waals surface area contributed by atoms with Crippen molar-refractivity contribution in [2.75, 3.05) is 38.2 Å². The minimum absolute atomic E-state index is 0.281. The van der Waals surface area contributed by atoms with Gasteiger partial charge in [0.1, 0.15) is 35.2 Å². The van der Waals surface area contributed by atoms with Crippen LogP contribution in [0.4, 0.5) is 5.82 Å². The Kier molecular flexibility index (Phi) is 7.20. The van der Waals surface area contributed by atoms with E-state index in [-0.39, 0.29) is 5.97 Å². The van der Waals surface area contributed by atoms with E-state index in [0.717, 1.165) is 73.1 Å². The van der Waals surface area contributed by atoms with Crippen molar-refractivity contribution in [1.29, 1.82) is 0 Å². The van der Waals surface area contributed by atoms with Gasteiger partial charge in [0.15, 0.2) is 5.82 Å². The van der Waals surface area contributed by atoms with Crippen LogP contribution in [-0.2, 0) is 16.0 Å². The Morgan fingerprint density at radius 2 is 1.96 bits per heavy atom. The number of hydrogen-bond acceptors (Lipinski definition) is 7. The van der Waals surface area contributed by atoms with Gasteiger partial charge in [-0.2, -0.15) is 0 Å². The SMILES string of the molecule is CCOC(=O)c1sc2nc(C[NH+]3CCOCC3)nc(NC(CC)CC)c2c1C. The van der Waals surface area contributed by atoms with E-state index in [0.29, 0.717) is 17.5 Å². The molecule has 1 aliphatic rings. The van der Waals surface area contributed by atoms with E-state index in [1.54, 1.807) is 0 Å². The van der Waals surface area contributed by atoms with Crippen LogP contribution in [0.2, 0.25) is 0 Å². The lowest BCUT2D eigenvalue weighted by Crippen LogP contribution is -3.12. The van der Waals surface area contributed by atoms with Crippen molar-refractivity contribution in [2.45, 2.75) is 53.1 Å². The van der Waals surface area contributed by atoms with Crippen molar-refractivity contribution in [2.24, 2.45) is 0 Å². The van der Waals surface area contributed by atoms with E-state index in [4.69, 9.17) is 19.4 Å². The van der Waals surface area contributed by atoms with E-state index in [1.165, 1.54) is 16.2 Å². The molecule has 0 aliphatic carbocycles. The van der Waals surface area contributed by atoms with E-state index < -0.39 is 0 Å². The van der Waals surface area contributed by atoms with Crippen molar-refractivity contribution in [3.8, 4) is 0 Å². The van der Waals surface area contributed by atoms with Gasteiger partial charge in [-0.25, -0.2) is 14.8 Å². The van der Waals surface area contributed by atoms with Gasteiger partial charge in [-0.05, 0) is 32.3 Å². The molecule has 0 unspecified atom stereocenters. The fourth-order valence-corrected chi connectivity index (χ4v) is 4.60. The molecule has 1 fully saturated rings. The third-order valence-electron chi connectivity index (χ3n) is 5.23. The molecule has 0 amide bonds. The van der Waals surface area contributed by atoms with Crippen LogP contribution in [0.5, 0.6) is 0 Å². The molecule has 0 aromatic carbocycles. The molecule has 0 spiro atoms. The van der Waals surface area contributed by atoms with Crippen LogP contribution in [0.15, 0.2) is 0 Å². The first-order valence-corrected chi connectivity index (χ1v) is 11.0. The molecule has 7 nitrogen and oxygen atoms in total. The van der Waals surface area contributed by atoms with Crippen LogP contribution < -0.4 is 10.2 Å². The van der Waals surface area contributed by atoms with E-state index in [1.807, 2.05) is 13.8 Å². The zero-order valence-electron chi connectivity index (χ0n) is 17.3. The molecule has 0 atom stereocenters. The van der Waals surface area contributed by atoms with Gasteiger partial charge < -0.3 is 19.7 Å². The first kappa shape index (κ1) is 21.0. The summed E-state index contributed by atoms with van der Waals surface area (Å²) >= 11 is 1.40. The van der Waals surface area contributed by atoms with Gasteiger partial charge in [0.25, 0.3) is 0 Å². The number of rotatable bonds is 8. The Hall–Kier alpha value is -1.77. The molecule has 0 radical (unpaired) electrons. The molecule has 1 saturated heterocycles. The highest BCUT2D eigenvalue weighted by Gasteiger charge is 2.24. The Morgan fingerprint density at radius 3 is 2.61 bits per heavy atom. The summed E-state index contributed by atoms with van der Waals surface area (Å²) in [5.74, 6) is 1.37. The quantitative estimate of drug-likeness (QED) is 0.653. The third kappa shape index (κ3) is 4.61. The van der Waals surface area contributed by atoms with Crippen LogP contribution >= 0.6 is 11.3 Å². The Labute approximate surface area is 170 Å². The van der Waals surface area contributed by atoms with Crippen LogP contribution in [0, 0.1) is 6.92 Å². The first-order chi connectivity index (χ1) is 13.6. The summed E-state index contributed by atoms with van der Waals surface area (Å²) in [5.41, 5.74) is 0.900. The van der Waals surface area contributed by atoms with Crippen LogP contribution in [0.1, 0.15) is 54.7 Å². The van der Waals surface area contributed by atoms with Crippen molar-refractivity contribution in [3.05, 3.63) is 16.3 Å². The molecule has 2 N–H and O–H groups in total. The second-order valence-electron chi connectivity index (χ2n) is 7.14. The summed E-state index contributed by atoms with van der Waals surface area (Å²) in [7, 11) is 0. The number of aryl methyl sites for hydroxylation is 1. The molecule has 2 aromatic rings. The molecule has 28 heavy (non-hydrogen) atoms. The number of hydrogen-bond donors (Lipinski definition) is 2. The molecule has 1 aliphatic heterocycles. The average Bonchev–Trinajstić information content (AvgIpc) is 3.03. The molecule has 3 heterocycles. The van der Waals surface area contributed by atoms with Gasteiger partial charge in [0.2, 0.25) is 0 Å². The number of fused-ring (bicyclic) bond motifs is 1. The smallest absolute Gasteiger partial charge is 0.348 e. The topological polar surface area (TPSA) is 77.8 Å². The highest BCUT2D eigenvalue weighted by atomic mass is 32.1. The van der Waals surface area contributed by atoms with Crippen LogP contribution in [0.25, 0.3) is 10.2 Å².